The third-order valence-corrected chi connectivity index (χ3v) is 4.15. The van der Waals surface area contributed by atoms with E-state index in [0.29, 0.717) is 11.8 Å². The molecular weight excluding hydrogens is 292 g/mol. The van der Waals surface area contributed by atoms with E-state index in [1.54, 1.807) is 6.07 Å². The molecule has 4 heteroatoms. The van der Waals surface area contributed by atoms with Crippen molar-refractivity contribution in [1.82, 2.24) is 10.2 Å². The Bertz CT molecular complexity index is 397. The van der Waals surface area contributed by atoms with E-state index in [4.69, 9.17) is 0 Å². The first-order chi connectivity index (χ1) is 8.66. The Morgan fingerprint density at radius 2 is 2.28 bits per heavy atom. The summed E-state index contributed by atoms with van der Waals surface area (Å²) in [7, 11) is 2.20. The lowest BCUT2D eigenvalue weighted by Gasteiger charge is -2.32. The molecule has 18 heavy (non-hydrogen) atoms. The van der Waals surface area contributed by atoms with Gasteiger partial charge in [0.15, 0.2) is 0 Å². The van der Waals surface area contributed by atoms with E-state index in [1.807, 2.05) is 12.1 Å². The highest BCUT2D eigenvalue weighted by atomic mass is 79.9. The third kappa shape index (κ3) is 3.70. The predicted octanol–water partition coefficient (Wildman–Crippen LogP) is 2.73. The summed E-state index contributed by atoms with van der Waals surface area (Å²) in [5, 5.41) is 13.2. The summed E-state index contributed by atoms with van der Waals surface area (Å²) >= 11 is 3.43. The minimum atomic E-state index is 0.364. The SMILES string of the molecule is CN1CCCCC1CNCc1cc(Br)ccc1O. The van der Waals surface area contributed by atoms with Crippen molar-refractivity contribution in [3.63, 3.8) is 0 Å². The van der Waals surface area contributed by atoms with Gasteiger partial charge < -0.3 is 15.3 Å². The van der Waals surface area contributed by atoms with Gasteiger partial charge in [0.2, 0.25) is 0 Å². The number of nitrogens with zero attached hydrogens (tertiary/aromatic N) is 1. The van der Waals surface area contributed by atoms with Crippen LogP contribution in [0.5, 0.6) is 5.75 Å². The fourth-order valence-corrected chi connectivity index (χ4v) is 2.88. The van der Waals surface area contributed by atoms with E-state index in [9.17, 15) is 5.11 Å². The number of hydrogen-bond acceptors (Lipinski definition) is 3. The Hall–Kier alpha value is -0.580. The van der Waals surface area contributed by atoms with E-state index >= 15 is 0 Å². The van der Waals surface area contributed by atoms with Gasteiger partial charge in [-0.15, -0.1) is 0 Å². The zero-order valence-corrected chi connectivity index (χ0v) is 12.4. The molecule has 0 bridgehead atoms. The molecule has 0 amide bonds. The number of aromatic hydroxyl groups is 1. The number of rotatable bonds is 4. The maximum absolute atomic E-state index is 9.75. The fraction of sp³-hybridized carbons (Fsp3) is 0.571. The molecule has 1 aromatic carbocycles. The zero-order valence-electron chi connectivity index (χ0n) is 10.8. The van der Waals surface area contributed by atoms with Crippen molar-refractivity contribution in [3.8, 4) is 5.75 Å². The summed E-state index contributed by atoms with van der Waals surface area (Å²) in [6, 6.07) is 6.18. The summed E-state index contributed by atoms with van der Waals surface area (Å²) in [5.41, 5.74) is 0.947. The lowest BCUT2D eigenvalue weighted by Crippen LogP contribution is -2.42. The van der Waals surface area contributed by atoms with Crippen LogP contribution in [0.1, 0.15) is 24.8 Å². The first-order valence-electron chi connectivity index (χ1n) is 6.55. The molecule has 3 nitrogen and oxygen atoms in total. The van der Waals surface area contributed by atoms with Crippen LogP contribution in [0.25, 0.3) is 0 Å². The van der Waals surface area contributed by atoms with Crippen molar-refractivity contribution in [2.24, 2.45) is 0 Å². The summed E-state index contributed by atoms with van der Waals surface area (Å²) < 4.78 is 1.01. The number of nitrogens with one attached hydrogen (secondary N) is 1. The van der Waals surface area contributed by atoms with Crippen molar-refractivity contribution in [1.29, 1.82) is 0 Å². The van der Waals surface area contributed by atoms with E-state index < -0.39 is 0 Å². The molecule has 0 aliphatic carbocycles. The minimum absolute atomic E-state index is 0.364. The van der Waals surface area contributed by atoms with Crippen LogP contribution >= 0.6 is 15.9 Å². The summed E-state index contributed by atoms with van der Waals surface area (Å²) in [6.07, 6.45) is 3.92. The fourth-order valence-electron chi connectivity index (χ4n) is 2.47. The minimum Gasteiger partial charge on any atom is -0.508 e. The molecule has 0 saturated carbocycles. The van der Waals surface area contributed by atoms with Gasteiger partial charge in [0, 0.05) is 29.2 Å². The summed E-state index contributed by atoms with van der Waals surface area (Å²) in [4.78, 5) is 2.43. The normalized spacial score (nSPS) is 21.1. The van der Waals surface area contributed by atoms with Crippen molar-refractivity contribution >= 4 is 15.9 Å². The van der Waals surface area contributed by atoms with E-state index in [1.165, 1.54) is 25.8 Å². The van der Waals surface area contributed by atoms with Gasteiger partial charge in [-0.25, -0.2) is 0 Å². The van der Waals surface area contributed by atoms with Gasteiger partial charge in [0.05, 0.1) is 0 Å². The monoisotopic (exact) mass is 312 g/mol. The molecule has 1 aliphatic heterocycles. The molecule has 0 spiro atoms. The number of piperidine rings is 1. The summed E-state index contributed by atoms with van der Waals surface area (Å²) in [5.74, 6) is 0.364. The Morgan fingerprint density at radius 3 is 3.06 bits per heavy atom. The number of halogens is 1. The highest BCUT2D eigenvalue weighted by Crippen LogP contribution is 2.21. The van der Waals surface area contributed by atoms with E-state index in [-0.39, 0.29) is 0 Å². The van der Waals surface area contributed by atoms with Crippen LogP contribution in [-0.4, -0.2) is 36.2 Å². The second kappa shape index (κ2) is 6.55. The van der Waals surface area contributed by atoms with Crippen molar-refractivity contribution < 1.29 is 5.11 Å². The molecule has 1 aliphatic rings. The van der Waals surface area contributed by atoms with Crippen LogP contribution in [0.3, 0.4) is 0 Å². The number of likely N-dealkylation sites (N-methyl/N-ethyl adjacent to an activating group) is 1. The Morgan fingerprint density at radius 1 is 1.44 bits per heavy atom. The van der Waals surface area contributed by atoms with Gasteiger partial charge in [-0.2, -0.15) is 0 Å². The number of phenols is 1. The Labute approximate surface area is 117 Å². The van der Waals surface area contributed by atoms with Gasteiger partial charge in [0.1, 0.15) is 5.75 Å². The average molecular weight is 313 g/mol. The second-order valence-electron chi connectivity index (χ2n) is 5.03. The molecule has 0 aromatic heterocycles. The molecule has 1 unspecified atom stereocenters. The number of likely N-dealkylation sites (tertiary alicyclic amines) is 1. The van der Waals surface area contributed by atoms with Crippen LogP contribution in [0.2, 0.25) is 0 Å². The van der Waals surface area contributed by atoms with Crippen LogP contribution in [0.4, 0.5) is 0 Å². The van der Waals surface area contributed by atoms with Crippen LogP contribution in [0, 0.1) is 0 Å². The second-order valence-corrected chi connectivity index (χ2v) is 5.95. The van der Waals surface area contributed by atoms with Gasteiger partial charge in [-0.05, 0) is 44.6 Å². The topological polar surface area (TPSA) is 35.5 Å². The van der Waals surface area contributed by atoms with Crippen LogP contribution < -0.4 is 5.32 Å². The van der Waals surface area contributed by atoms with E-state index in [2.05, 4.69) is 33.2 Å². The summed E-state index contributed by atoms with van der Waals surface area (Å²) in [6.45, 7) is 2.91. The highest BCUT2D eigenvalue weighted by Gasteiger charge is 2.18. The maximum atomic E-state index is 9.75. The molecule has 1 aromatic rings. The maximum Gasteiger partial charge on any atom is 0.120 e. The zero-order chi connectivity index (χ0) is 13.0. The van der Waals surface area contributed by atoms with Crippen molar-refractivity contribution in [2.45, 2.75) is 31.8 Å². The first kappa shape index (κ1) is 13.8. The predicted molar refractivity (Wildman–Crippen MR) is 77.8 cm³/mol. The number of hydrogen-bond donors (Lipinski definition) is 2. The molecule has 1 saturated heterocycles. The molecular formula is C14H21BrN2O. The molecule has 1 heterocycles. The average Bonchev–Trinajstić information content (AvgIpc) is 2.36. The van der Waals surface area contributed by atoms with E-state index in [0.717, 1.165) is 23.1 Å². The van der Waals surface area contributed by atoms with Gasteiger partial charge in [-0.1, -0.05) is 22.4 Å². The third-order valence-electron chi connectivity index (χ3n) is 3.66. The molecule has 1 atom stereocenters. The van der Waals surface area contributed by atoms with Crippen LogP contribution in [-0.2, 0) is 6.54 Å². The largest absolute Gasteiger partial charge is 0.508 e. The number of benzene rings is 1. The van der Waals surface area contributed by atoms with Gasteiger partial charge in [-0.3, -0.25) is 0 Å². The molecule has 2 N–H and O–H groups in total. The molecule has 1 fully saturated rings. The van der Waals surface area contributed by atoms with Crippen molar-refractivity contribution in [2.75, 3.05) is 20.1 Å². The quantitative estimate of drug-likeness (QED) is 0.897. The van der Waals surface area contributed by atoms with Crippen molar-refractivity contribution in [3.05, 3.63) is 28.2 Å². The standard InChI is InChI=1S/C14H21BrN2O/c1-17-7-3-2-4-13(17)10-16-9-11-8-12(15)5-6-14(11)18/h5-6,8,13,16,18H,2-4,7,9-10H2,1H3. The Kier molecular flexibility index (Phi) is 5.03. The highest BCUT2D eigenvalue weighted by molar-refractivity contribution is 9.10. The van der Waals surface area contributed by atoms with Gasteiger partial charge >= 0.3 is 0 Å². The lowest BCUT2D eigenvalue weighted by atomic mass is 10.0. The first-order valence-corrected chi connectivity index (χ1v) is 7.34. The number of phenolic OH excluding ortho intramolecular Hbond substituents is 1. The van der Waals surface area contributed by atoms with Crippen LogP contribution in [0.15, 0.2) is 22.7 Å². The smallest absolute Gasteiger partial charge is 0.120 e. The molecule has 2 rings (SSSR count). The molecule has 100 valence electrons. The van der Waals surface area contributed by atoms with Gasteiger partial charge in [0.25, 0.3) is 0 Å². The molecule has 0 radical (unpaired) electrons. The Balaban J connectivity index is 1.82. The lowest BCUT2D eigenvalue weighted by molar-refractivity contribution is 0.181.